The molecule has 0 saturated carbocycles. The number of para-hydroxylation sites is 1. The van der Waals surface area contributed by atoms with E-state index in [1.165, 1.54) is 0 Å². The van der Waals surface area contributed by atoms with Crippen LogP contribution < -0.4 is 20.7 Å². The molecule has 0 spiro atoms. The van der Waals surface area contributed by atoms with Crippen LogP contribution in [0.5, 0.6) is 5.75 Å². The highest BCUT2D eigenvalue weighted by molar-refractivity contribution is 7.18. The van der Waals surface area contributed by atoms with Gasteiger partial charge >= 0.3 is 11.9 Å². The van der Waals surface area contributed by atoms with Crippen molar-refractivity contribution in [2.24, 2.45) is 5.92 Å². The van der Waals surface area contributed by atoms with E-state index in [-0.39, 0.29) is 22.5 Å². The van der Waals surface area contributed by atoms with Gasteiger partial charge in [-0.1, -0.05) is 30.3 Å². The summed E-state index contributed by atoms with van der Waals surface area (Å²) in [7, 11) is 0. The van der Waals surface area contributed by atoms with Crippen LogP contribution in [0.4, 0.5) is 11.4 Å². The Morgan fingerprint density at radius 3 is 2.36 bits per heavy atom. The molecular weight excluding hydrogens is 518 g/mol. The third kappa shape index (κ3) is 6.58. The zero-order valence-corrected chi connectivity index (χ0v) is 23.0. The number of carbonyl (C=O) groups excluding carboxylic acids is 1. The molecule has 2 heterocycles. The topological polar surface area (TPSA) is 137 Å². The van der Waals surface area contributed by atoms with Crippen molar-refractivity contribution in [3.63, 3.8) is 0 Å². The lowest BCUT2D eigenvalue weighted by molar-refractivity contribution is -0.139. The minimum Gasteiger partial charge on any atom is -0.480 e. The summed E-state index contributed by atoms with van der Waals surface area (Å²) in [6.07, 6.45) is 1.71. The number of carbonyl (C=O) groups is 3. The molecule has 1 aromatic heterocycles. The van der Waals surface area contributed by atoms with Gasteiger partial charge in [0.25, 0.3) is 0 Å². The Bertz CT molecular complexity index is 1360. The molecule has 4 rings (SSSR count). The molecule has 1 aliphatic heterocycles. The molecule has 1 atom stereocenters. The van der Waals surface area contributed by atoms with Gasteiger partial charge in [0.05, 0.1) is 0 Å². The molecule has 39 heavy (non-hydrogen) atoms. The average Bonchev–Trinajstić information content (AvgIpc) is 3.25. The molecule has 10 heteroatoms. The lowest BCUT2D eigenvalue weighted by Gasteiger charge is -2.31. The van der Waals surface area contributed by atoms with Crippen molar-refractivity contribution in [2.75, 3.05) is 30.3 Å². The summed E-state index contributed by atoms with van der Waals surface area (Å²) >= 11 is 1.03. The molecule has 5 N–H and O–H groups in total. The van der Waals surface area contributed by atoms with E-state index in [9.17, 15) is 19.5 Å². The van der Waals surface area contributed by atoms with E-state index in [1.54, 1.807) is 6.92 Å². The summed E-state index contributed by atoms with van der Waals surface area (Å²) in [6, 6.07) is 12.9. The fourth-order valence-corrected chi connectivity index (χ4v) is 6.03. The van der Waals surface area contributed by atoms with Crippen LogP contribution in [0, 0.1) is 26.7 Å². The van der Waals surface area contributed by atoms with Gasteiger partial charge in [-0.05, 0) is 81.4 Å². The first-order chi connectivity index (χ1) is 18.7. The maximum atomic E-state index is 13.7. The Labute approximate surface area is 231 Å². The SMILES string of the molecule is Cc1cccc(C)c1NC(=O)C(Nc1cccc(-c2sc(C(=O)O)c(OCC(=O)O)c2C)c1)C1CCNCC1. The largest absolute Gasteiger partial charge is 0.480 e. The van der Waals surface area contributed by atoms with Crippen molar-refractivity contribution in [1.82, 2.24) is 5.32 Å². The number of piperidine rings is 1. The van der Waals surface area contributed by atoms with Gasteiger partial charge in [-0.2, -0.15) is 0 Å². The van der Waals surface area contributed by atoms with E-state index < -0.39 is 24.6 Å². The molecule has 3 aromatic rings. The molecule has 1 amide bonds. The predicted molar refractivity (Wildman–Crippen MR) is 152 cm³/mol. The number of ether oxygens (including phenoxy) is 1. The van der Waals surface area contributed by atoms with E-state index in [2.05, 4.69) is 16.0 Å². The van der Waals surface area contributed by atoms with Gasteiger partial charge in [-0.15, -0.1) is 11.3 Å². The zero-order chi connectivity index (χ0) is 28.1. The summed E-state index contributed by atoms with van der Waals surface area (Å²) in [5.74, 6) is -2.29. The quantitative estimate of drug-likeness (QED) is 0.239. The standard InChI is InChI=1S/C29H33N3O6S/c1-16-6-4-7-17(2)23(16)32-28(35)24(19-10-12-30-13-11-19)31-21-9-5-8-20(14-21)26-18(3)25(38-15-22(33)34)27(39-26)29(36)37/h4-9,14,19,24,30-31H,10-13,15H2,1-3H3,(H,32,35)(H,33,34)(H,36,37). The fraction of sp³-hybridized carbons (Fsp3) is 0.345. The Morgan fingerprint density at radius 1 is 1.05 bits per heavy atom. The molecule has 0 radical (unpaired) electrons. The van der Waals surface area contributed by atoms with E-state index in [0.29, 0.717) is 10.4 Å². The van der Waals surface area contributed by atoms with Crippen LogP contribution in [0.15, 0.2) is 42.5 Å². The zero-order valence-electron chi connectivity index (χ0n) is 22.2. The number of nitrogens with one attached hydrogen (secondary N) is 3. The molecular formula is C29H33N3O6S. The van der Waals surface area contributed by atoms with Crippen molar-refractivity contribution >= 4 is 40.6 Å². The maximum Gasteiger partial charge on any atom is 0.349 e. The fourth-order valence-electron chi connectivity index (χ4n) is 4.94. The van der Waals surface area contributed by atoms with Crippen LogP contribution in [0.2, 0.25) is 0 Å². The molecule has 9 nitrogen and oxygen atoms in total. The van der Waals surface area contributed by atoms with Gasteiger partial charge in [0.2, 0.25) is 5.91 Å². The van der Waals surface area contributed by atoms with Gasteiger partial charge in [0, 0.05) is 21.8 Å². The Balaban J connectivity index is 1.64. The molecule has 1 unspecified atom stereocenters. The first-order valence-electron chi connectivity index (χ1n) is 12.8. The molecule has 2 aromatic carbocycles. The number of anilines is 2. The van der Waals surface area contributed by atoms with Crippen molar-refractivity contribution in [3.8, 4) is 16.2 Å². The molecule has 1 fully saturated rings. The Morgan fingerprint density at radius 2 is 1.72 bits per heavy atom. The number of rotatable bonds is 10. The van der Waals surface area contributed by atoms with Crippen molar-refractivity contribution in [3.05, 3.63) is 64.0 Å². The normalized spacial score (nSPS) is 14.4. The number of carboxylic acids is 2. The van der Waals surface area contributed by atoms with Crippen LogP contribution >= 0.6 is 11.3 Å². The molecule has 0 aliphatic carbocycles. The van der Waals surface area contributed by atoms with Gasteiger partial charge in [-0.3, -0.25) is 4.79 Å². The number of thiophene rings is 1. The number of amides is 1. The van der Waals surface area contributed by atoms with E-state index >= 15 is 0 Å². The summed E-state index contributed by atoms with van der Waals surface area (Å²) in [4.78, 5) is 37.1. The first kappa shape index (κ1) is 28.1. The highest BCUT2D eigenvalue weighted by Crippen LogP contribution is 2.42. The van der Waals surface area contributed by atoms with E-state index in [0.717, 1.165) is 65.3 Å². The van der Waals surface area contributed by atoms with Gasteiger partial charge in [0.1, 0.15) is 11.8 Å². The van der Waals surface area contributed by atoms with Crippen molar-refractivity contribution in [2.45, 2.75) is 39.7 Å². The average molecular weight is 552 g/mol. The number of aromatic carboxylic acids is 1. The van der Waals surface area contributed by atoms with Crippen LogP contribution in [-0.2, 0) is 9.59 Å². The van der Waals surface area contributed by atoms with Crippen molar-refractivity contribution < 1.29 is 29.3 Å². The summed E-state index contributed by atoms with van der Waals surface area (Å²) in [5, 5.41) is 28.6. The summed E-state index contributed by atoms with van der Waals surface area (Å²) in [6.45, 7) is 6.71. The minimum absolute atomic E-state index is 0.0531. The van der Waals surface area contributed by atoms with E-state index in [4.69, 9.17) is 9.84 Å². The van der Waals surface area contributed by atoms with Gasteiger partial charge < -0.3 is 30.9 Å². The number of carboxylic acid groups (broad SMARTS) is 2. The van der Waals surface area contributed by atoms with E-state index in [1.807, 2.05) is 56.3 Å². The molecule has 0 bridgehead atoms. The third-order valence-corrected chi connectivity index (χ3v) is 8.25. The molecule has 1 saturated heterocycles. The number of aryl methyl sites for hydroxylation is 2. The number of hydrogen-bond donors (Lipinski definition) is 5. The van der Waals surface area contributed by atoms with Crippen LogP contribution in [0.1, 0.15) is 39.2 Å². The van der Waals surface area contributed by atoms with Crippen molar-refractivity contribution in [1.29, 1.82) is 0 Å². The Kier molecular flexibility index (Phi) is 8.88. The number of benzene rings is 2. The molecule has 1 aliphatic rings. The highest BCUT2D eigenvalue weighted by atomic mass is 32.1. The Hall–Kier alpha value is -3.89. The number of aliphatic carboxylic acids is 1. The minimum atomic E-state index is -1.19. The lowest BCUT2D eigenvalue weighted by atomic mass is 9.89. The second-order valence-corrected chi connectivity index (χ2v) is 10.8. The van der Waals surface area contributed by atoms with Gasteiger partial charge in [0.15, 0.2) is 11.5 Å². The van der Waals surface area contributed by atoms with Crippen LogP contribution in [0.25, 0.3) is 10.4 Å². The highest BCUT2D eigenvalue weighted by Gasteiger charge is 2.30. The summed E-state index contributed by atoms with van der Waals surface area (Å²) in [5.41, 5.74) is 4.84. The van der Waals surface area contributed by atoms with Crippen LogP contribution in [-0.4, -0.2) is 53.8 Å². The smallest absolute Gasteiger partial charge is 0.349 e. The van der Waals surface area contributed by atoms with Gasteiger partial charge in [-0.25, -0.2) is 9.59 Å². The second kappa shape index (κ2) is 12.3. The molecule has 206 valence electrons. The lowest BCUT2D eigenvalue weighted by Crippen LogP contribution is -2.45. The predicted octanol–water partition coefficient (Wildman–Crippen LogP) is 4.92. The third-order valence-electron chi connectivity index (χ3n) is 6.94. The van der Waals surface area contributed by atoms with Crippen LogP contribution in [0.3, 0.4) is 0 Å². The maximum absolute atomic E-state index is 13.7. The monoisotopic (exact) mass is 551 g/mol. The summed E-state index contributed by atoms with van der Waals surface area (Å²) < 4.78 is 5.33. The second-order valence-electron chi connectivity index (χ2n) is 9.75. The first-order valence-corrected chi connectivity index (χ1v) is 13.6. The number of hydrogen-bond acceptors (Lipinski definition) is 7.